The average Bonchev–Trinajstić information content (AvgIpc) is 2.78. The number of benzene rings is 3. The van der Waals surface area contributed by atoms with Gasteiger partial charge < -0.3 is 16.0 Å². The first-order chi connectivity index (χ1) is 14.6. The second-order valence-electron chi connectivity index (χ2n) is 7.26. The normalized spacial score (nSPS) is 12.4. The van der Waals surface area contributed by atoms with Gasteiger partial charge in [-0.25, -0.2) is 0 Å². The Labute approximate surface area is 178 Å². The number of nitrogens with one attached hydrogen (secondary N) is 3. The van der Waals surface area contributed by atoms with Crippen LogP contribution in [0.2, 0.25) is 0 Å². The molecule has 30 heavy (non-hydrogen) atoms. The van der Waals surface area contributed by atoms with Crippen LogP contribution < -0.4 is 16.0 Å². The van der Waals surface area contributed by atoms with Gasteiger partial charge in [-0.1, -0.05) is 48.5 Å². The van der Waals surface area contributed by atoms with Crippen molar-refractivity contribution in [3.8, 4) is 0 Å². The minimum absolute atomic E-state index is 0.0698. The summed E-state index contributed by atoms with van der Waals surface area (Å²) in [5.74, 6) is 0.722. The number of amides is 1. The molecule has 3 N–H and O–H groups in total. The van der Waals surface area contributed by atoms with Crippen LogP contribution in [0, 0.1) is 0 Å². The second kappa shape index (κ2) is 10.4. The molecule has 0 spiro atoms. The summed E-state index contributed by atoms with van der Waals surface area (Å²) in [4.78, 5) is 16.5. The lowest BCUT2D eigenvalue weighted by Crippen LogP contribution is -2.38. The highest BCUT2D eigenvalue weighted by molar-refractivity contribution is 5.94. The minimum Gasteiger partial charge on any atom is -0.357 e. The summed E-state index contributed by atoms with van der Waals surface area (Å²) < 4.78 is 0. The lowest BCUT2D eigenvalue weighted by molar-refractivity contribution is 0.0963. The van der Waals surface area contributed by atoms with Crippen LogP contribution in [-0.4, -0.2) is 32.0 Å². The zero-order chi connectivity index (χ0) is 21.3. The second-order valence-corrected chi connectivity index (χ2v) is 7.26. The predicted molar refractivity (Wildman–Crippen MR) is 125 cm³/mol. The third kappa shape index (κ3) is 5.60. The molecule has 0 saturated heterocycles. The molecule has 0 saturated carbocycles. The van der Waals surface area contributed by atoms with Gasteiger partial charge in [-0.3, -0.25) is 9.79 Å². The molecule has 0 aliphatic heterocycles. The minimum atomic E-state index is -0.0698. The van der Waals surface area contributed by atoms with Gasteiger partial charge in [0.15, 0.2) is 5.96 Å². The molecule has 5 heteroatoms. The van der Waals surface area contributed by atoms with E-state index in [0.29, 0.717) is 12.1 Å². The molecule has 3 aromatic carbocycles. The average molecular weight is 403 g/mol. The Bertz CT molecular complexity index is 1030. The first kappa shape index (κ1) is 21.4. The van der Waals surface area contributed by atoms with E-state index in [9.17, 15) is 4.79 Å². The van der Waals surface area contributed by atoms with Crippen LogP contribution in [0.5, 0.6) is 0 Å². The van der Waals surface area contributed by atoms with Gasteiger partial charge in [0.2, 0.25) is 0 Å². The van der Waals surface area contributed by atoms with Crippen LogP contribution in [0.3, 0.4) is 0 Å². The molecule has 3 aromatic rings. The number of fused-ring (bicyclic) bond motifs is 1. The molecule has 1 unspecified atom stereocenters. The van der Waals surface area contributed by atoms with E-state index in [2.05, 4.69) is 72.3 Å². The van der Waals surface area contributed by atoms with E-state index < -0.39 is 0 Å². The van der Waals surface area contributed by atoms with E-state index in [4.69, 9.17) is 4.99 Å². The van der Waals surface area contributed by atoms with Crippen LogP contribution >= 0.6 is 0 Å². The molecule has 1 amide bonds. The van der Waals surface area contributed by atoms with Crippen LogP contribution in [-0.2, 0) is 6.42 Å². The van der Waals surface area contributed by atoms with Gasteiger partial charge in [0, 0.05) is 25.7 Å². The van der Waals surface area contributed by atoms with Crippen LogP contribution in [0.1, 0.15) is 41.4 Å². The maximum Gasteiger partial charge on any atom is 0.251 e. The predicted octanol–water partition coefficient (Wildman–Crippen LogP) is 4.06. The number of rotatable bonds is 7. The topological polar surface area (TPSA) is 65.5 Å². The number of hydrogen-bond donors (Lipinski definition) is 3. The van der Waals surface area contributed by atoms with Gasteiger partial charge in [-0.05, 0) is 60.4 Å². The van der Waals surface area contributed by atoms with Crippen LogP contribution in [0.15, 0.2) is 71.7 Å². The van der Waals surface area contributed by atoms with Crippen LogP contribution in [0.25, 0.3) is 10.8 Å². The number of nitrogens with zero attached hydrogens (tertiary/aromatic N) is 1. The van der Waals surface area contributed by atoms with Gasteiger partial charge in [0.1, 0.15) is 0 Å². The molecule has 0 fully saturated rings. The Kier molecular flexibility index (Phi) is 7.44. The van der Waals surface area contributed by atoms with Crippen molar-refractivity contribution < 1.29 is 4.79 Å². The van der Waals surface area contributed by atoms with Crippen molar-refractivity contribution in [3.63, 3.8) is 0 Å². The summed E-state index contributed by atoms with van der Waals surface area (Å²) in [6, 6.07) is 22.7. The number of hydrogen-bond acceptors (Lipinski definition) is 2. The van der Waals surface area contributed by atoms with E-state index in [0.717, 1.165) is 24.5 Å². The van der Waals surface area contributed by atoms with Gasteiger partial charge in [0.25, 0.3) is 5.91 Å². The van der Waals surface area contributed by atoms with Crippen molar-refractivity contribution in [2.75, 3.05) is 20.1 Å². The fraction of sp³-hybridized carbons (Fsp3) is 0.280. The van der Waals surface area contributed by atoms with E-state index in [1.54, 1.807) is 7.05 Å². The monoisotopic (exact) mass is 402 g/mol. The molecule has 0 aliphatic carbocycles. The van der Waals surface area contributed by atoms with E-state index >= 15 is 0 Å². The molecule has 5 nitrogen and oxygen atoms in total. The zero-order valence-corrected chi connectivity index (χ0v) is 17.9. The maximum atomic E-state index is 11.8. The molecule has 0 aliphatic rings. The first-order valence-corrected chi connectivity index (χ1v) is 10.4. The quantitative estimate of drug-likeness (QED) is 0.412. The molecule has 0 radical (unpaired) electrons. The summed E-state index contributed by atoms with van der Waals surface area (Å²) in [6.45, 7) is 5.63. The largest absolute Gasteiger partial charge is 0.357 e. The number of carbonyl (C=O) groups is 1. The molecular weight excluding hydrogens is 372 g/mol. The lowest BCUT2D eigenvalue weighted by Gasteiger charge is -2.18. The zero-order valence-electron chi connectivity index (χ0n) is 17.9. The Balaban J connectivity index is 1.65. The van der Waals surface area contributed by atoms with Gasteiger partial charge >= 0.3 is 0 Å². The number of guanidine groups is 1. The highest BCUT2D eigenvalue weighted by Gasteiger charge is 2.09. The van der Waals surface area contributed by atoms with E-state index in [-0.39, 0.29) is 11.9 Å². The molecule has 3 rings (SSSR count). The van der Waals surface area contributed by atoms with Crippen molar-refractivity contribution in [3.05, 3.63) is 83.4 Å². The molecule has 0 bridgehead atoms. The SMILES string of the molecule is CCNC(=NCCc1cccc(C(=O)NC)c1)NC(C)c1ccc2ccccc2c1. The summed E-state index contributed by atoms with van der Waals surface area (Å²) in [5.41, 5.74) is 2.99. The Morgan fingerprint density at radius 2 is 1.80 bits per heavy atom. The number of aliphatic imine (C=N–C) groups is 1. The third-order valence-electron chi connectivity index (χ3n) is 5.06. The third-order valence-corrected chi connectivity index (χ3v) is 5.06. The molecule has 0 heterocycles. The lowest BCUT2D eigenvalue weighted by atomic mass is 10.0. The smallest absolute Gasteiger partial charge is 0.251 e. The van der Waals surface area contributed by atoms with Gasteiger partial charge in [-0.15, -0.1) is 0 Å². The highest BCUT2D eigenvalue weighted by atomic mass is 16.1. The maximum absolute atomic E-state index is 11.8. The summed E-state index contributed by atoms with van der Waals surface area (Å²) in [6.07, 6.45) is 0.770. The molecular formula is C25H30N4O. The van der Waals surface area contributed by atoms with Crippen molar-refractivity contribution in [2.24, 2.45) is 4.99 Å². The van der Waals surface area contributed by atoms with Gasteiger partial charge in [-0.2, -0.15) is 0 Å². The summed E-state index contributed by atoms with van der Waals surface area (Å²) in [7, 11) is 1.64. The molecule has 156 valence electrons. The van der Waals surface area contributed by atoms with Crippen molar-refractivity contribution in [1.82, 2.24) is 16.0 Å². The summed E-state index contributed by atoms with van der Waals surface area (Å²) in [5, 5.41) is 12.0. The van der Waals surface area contributed by atoms with Crippen LogP contribution in [0.4, 0.5) is 0 Å². The first-order valence-electron chi connectivity index (χ1n) is 10.4. The van der Waals surface area contributed by atoms with E-state index in [1.165, 1.54) is 16.3 Å². The fourth-order valence-corrected chi connectivity index (χ4v) is 3.39. The van der Waals surface area contributed by atoms with E-state index in [1.807, 2.05) is 24.3 Å². The fourth-order valence-electron chi connectivity index (χ4n) is 3.39. The molecule has 0 aromatic heterocycles. The Morgan fingerprint density at radius 3 is 2.57 bits per heavy atom. The number of carbonyl (C=O) groups excluding carboxylic acids is 1. The standard InChI is InChI=1S/C25H30N4O/c1-4-27-25(28-15-14-19-8-7-11-23(16-19)24(30)26-3)29-18(2)21-13-12-20-9-5-6-10-22(20)17-21/h5-13,16-18H,4,14-15H2,1-3H3,(H,26,30)(H2,27,28,29). The molecule has 1 atom stereocenters. The van der Waals surface area contributed by atoms with Crippen molar-refractivity contribution in [2.45, 2.75) is 26.3 Å². The van der Waals surface area contributed by atoms with Gasteiger partial charge in [0.05, 0.1) is 6.04 Å². The van der Waals surface area contributed by atoms with Crippen molar-refractivity contribution >= 4 is 22.6 Å². The highest BCUT2D eigenvalue weighted by Crippen LogP contribution is 2.20. The van der Waals surface area contributed by atoms with Crippen molar-refractivity contribution in [1.29, 1.82) is 0 Å². The Morgan fingerprint density at radius 1 is 1.00 bits per heavy atom. The Hall–Kier alpha value is -3.34. The summed E-state index contributed by atoms with van der Waals surface area (Å²) >= 11 is 0.